The molecule has 0 N–H and O–H groups in total. The maximum Gasteiger partial charge on any atom is 0.133 e. The highest BCUT2D eigenvalue weighted by molar-refractivity contribution is 9.10. The van der Waals surface area contributed by atoms with Crippen LogP contribution in [0.25, 0.3) is 0 Å². The van der Waals surface area contributed by atoms with Gasteiger partial charge in [-0.15, -0.1) is 0 Å². The SMILES string of the molecule is CCCc1ccc(OC)c(Br)c1. The second-order valence-electron chi connectivity index (χ2n) is 2.72. The van der Waals surface area contributed by atoms with E-state index in [-0.39, 0.29) is 0 Å². The summed E-state index contributed by atoms with van der Waals surface area (Å²) in [5.74, 6) is 0.898. The zero-order chi connectivity index (χ0) is 8.97. The molecule has 0 amide bonds. The van der Waals surface area contributed by atoms with Crippen molar-refractivity contribution in [2.75, 3.05) is 7.11 Å². The number of benzene rings is 1. The van der Waals surface area contributed by atoms with Gasteiger partial charge in [-0.2, -0.15) is 0 Å². The Labute approximate surface area is 81.9 Å². The zero-order valence-electron chi connectivity index (χ0n) is 7.43. The van der Waals surface area contributed by atoms with Gasteiger partial charge in [0.2, 0.25) is 0 Å². The molecule has 1 rings (SSSR count). The number of hydrogen-bond acceptors (Lipinski definition) is 1. The zero-order valence-corrected chi connectivity index (χ0v) is 9.02. The van der Waals surface area contributed by atoms with Crippen molar-refractivity contribution >= 4 is 15.9 Å². The monoisotopic (exact) mass is 228 g/mol. The molecule has 1 aromatic rings. The standard InChI is InChI=1S/C10H13BrO/c1-3-4-8-5-6-10(12-2)9(11)7-8/h5-7H,3-4H2,1-2H3. The lowest BCUT2D eigenvalue weighted by atomic mass is 10.1. The minimum absolute atomic E-state index is 0.898. The molecule has 0 unspecified atom stereocenters. The average molecular weight is 229 g/mol. The molecule has 0 aliphatic heterocycles. The van der Waals surface area contributed by atoms with E-state index in [4.69, 9.17) is 4.74 Å². The fourth-order valence-electron chi connectivity index (χ4n) is 1.15. The van der Waals surface area contributed by atoms with Crippen molar-refractivity contribution in [3.8, 4) is 5.75 Å². The summed E-state index contributed by atoms with van der Waals surface area (Å²) in [5, 5.41) is 0. The molecule has 66 valence electrons. The van der Waals surface area contributed by atoms with E-state index in [1.54, 1.807) is 7.11 Å². The molecule has 0 atom stereocenters. The Hall–Kier alpha value is -0.500. The summed E-state index contributed by atoms with van der Waals surface area (Å²) < 4.78 is 6.17. The molecule has 1 aromatic carbocycles. The Morgan fingerprint density at radius 3 is 2.67 bits per heavy atom. The maximum absolute atomic E-state index is 5.13. The first kappa shape index (κ1) is 9.59. The predicted octanol–water partition coefficient (Wildman–Crippen LogP) is 3.41. The van der Waals surface area contributed by atoms with Crippen LogP contribution in [0.1, 0.15) is 18.9 Å². The summed E-state index contributed by atoms with van der Waals surface area (Å²) in [6, 6.07) is 6.21. The summed E-state index contributed by atoms with van der Waals surface area (Å²) in [5.41, 5.74) is 1.35. The minimum Gasteiger partial charge on any atom is -0.496 e. The van der Waals surface area contributed by atoms with Crippen molar-refractivity contribution in [2.45, 2.75) is 19.8 Å². The number of methoxy groups -OCH3 is 1. The topological polar surface area (TPSA) is 9.23 Å². The Morgan fingerprint density at radius 2 is 2.17 bits per heavy atom. The molecular formula is C10H13BrO. The van der Waals surface area contributed by atoms with E-state index in [0.29, 0.717) is 0 Å². The van der Waals surface area contributed by atoms with Crippen LogP contribution in [-0.2, 0) is 6.42 Å². The van der Waals surface area contributed by atoms with E-state index in [9.17, 15) is 0 Å². The highest BCUT2D eigenvalue weighted by Crippen LogP contribution is 2.25. The van der Waals surface area contributed by atoms with Crippen LogP contribution in [0.4, 0.5) is 0 Å². The largest absolute Gasteiger partial charge is 0.496 e. The first-order valence-corrected chi connectivity index (χ1v) is 4.89. The van der Waals surface area contributed by atoms with E-state index in [1.807, 2.05) is 6.07 Å². The summed E-state index contributed by atoms with van der Waals surface area (Å²) in [6.45, 7) is 2.18. The van der Waals surface area contributed by atoms with Crippen molar-refractivity contribution < 1.29 is 4.74 Å². The first-order chi connectivity index (χ1) is 5.77. The molecule has 0 aromatic heterocycles. The van der Waals surface area contributed by atoms with Crippen molar-refractivity contribution in [2.24, 2.45) is 0 Å². The second kappa shape index (κ2) is 4.51. The minimum atomic E-state index is 0.898. The van der Waals surface area contributed by atoms with Crippen LogP contribution in [0.15, 0.2) is 22.7 Å². The van der Waals surface area contributed by atoms with Crippen molar-refractivity contribution in [3.63, 3.8) is 0 Å². The summed E-state index contributed by atoms with van der Waals surface area (Å²) in [4.78, 5) is 0. The van der Waals surface area contributed by atoms with Gasteiger partial charge in [-0.1, -0.05) is 19.4 Å². The quantitative estimate of drug-likeness (QED) is 0.771. The van der Waals surface area contributed by atoms with Crippen LogP contribution in [0.2, 0.25) is 0 Å². The third-order valence-corrected chi connectivity index (χ3v) is 2.37. The Balaban J connectivity index is 2.86. The molecule has 0 saturated heterocycles. The molecule has 0 aliphatic rings. The van der Waals surface area contributed by atoms with E-state index in [0.717, 1.165) is 16.6 Å². The number of halogens is 1. The van der Waals surface area contributed by atoms with Gasteiger partial charge in [0.1, 0.15) is 5.75 Å². The molecule has 0 aliphatic carbocycles. The van der Waals surface area contributed by atoms with Crippen LogP contribution in [0.3, 0.4) is 0 Å². The first-order valence-electron chi connectivity index (χ1n) is 4.10. The van der Waals surface area contributed by atoms with Crippen molar-refractivity contribution in [3.05, 3.63) is 28.2 Å². The van der Waals surface area contributed by atoms with Gasteiger partial charge < -0.3 is 4.74 Å². The van der Waals surface area contributed by atoms with Crippen LogP contribution in [0, 0.1) is 0 Å². The van der Waals surface area contributed by atoms with Gasteiger partial charge in [0.25, 0.3) is 0 Å². The average Bonchev–Trinajstić information content (AvgIpc) is 2.05. The molecule has 12 heavy (non-hydrogen) atoms. The summed E-state index contributed by atoms with van der Waals surface area (Å²) in [7, 11) is 1.68. The summed E-state index contributed by atoms with van der Waals surface area (Å²) in [6.07, 6.45) is 2.31. The normalized spacial score (nSPS) is 9.92. The molecule has 0 heterocycles. The molecule has 1 nitrogen and oxygen atoms in total. The smallest absolute Gasteiger partial charge is 0.133 e. The van der Waals surface area contributed by atoms with Gasteiger partial charge in [0, 0.05) is 0 Å². The third-order valence-electron chi connectivity index (χ3n) is 1.75. The fourth-order valence-corrected chi connectivity index (χ4v) is 1.74. The van der Waals surface area contributed by atoms with Crippen molar-refractivity contribution in [1.82, 2.24) is 0 Å². The third kappa shape index (κ3) is 2.24. The van der Waals surface area contributed by atoms with E-state index >= 15 is 0 Å². The fraction of sp³-hybridized carbons (Fsp3) is 0.400. The van der Waals surface area contributed by atoms with Crippen LogP contribution in [-0.4, -0.2) is 7.11 Å². The molecule has 0 radical (unpaired) electrons. The molecule has 0 spiro atoms. The molecular weight excluding hydrogens is 216 g/mol. The number of rotatable bonds is 3. The predicted molar refractivity (Wildman–Crippen MR) is 54.7 cm³/mol. The second-order valence-corrected chi connectivity index (χ2v) is 3.57. The lowest BCUT2D eigenvalue weighted by Crippen LogP contribution is -1.87. The van der Waals surface area contributed by atoms with E-state index < -0.39 is 0 Å². The molecule has 0 fully saturated rings. The lowest BCUT2D eigenvalue weighted by molar-refractivity contribution is 0.412. The van der Waals surface area contributed by atoms with Gasteiger partial charge in [-0.25, -0.2) is 0 Å². The van der Waals surface area contributed by atoms with Gasteiger partial charge in [0.05, 0.1) is 11.6 Å². The number of hydrogen-bond donors (Lipinski definition) is 0. The Morgan fingerprint density at radius 1 is 1.42 bits per heavy atom. The number of ether oxygens (including phenoxy) is 1. The van der Waals surface area contributed by atoms with Crippen molar-refractivity contribution in [1.29, 1.82) is 0 Å². The van der Waals surface area contributed by atoms with E-state index in [1.165, 1.54) is 12.0 Å². The Bertz CT molecular complexity index is 258. The van der Waals surface area contributed by atoms with Gasteiger partial charge in [-0.3, -0.25) is 0 Å². The van der Waals surface area contributed by atoms with Crippen LogP contribution in [0.5, 0.6) is 5.75 Å². The van der Waals surface area contributed by atoms with E-state index in [2.05, 4.69) is 35.0 Å². The van der Waals surface area contributed by atoms with Crippen LogP contribution < -0.4 is 4.74 Å². The highest BCUT2D eigenvalue weighted by Gasteiger charge is 1.99. The number of aryl methyl sites for hydroxylation is 1. The van der Waals surface area contributed by atoms with Crippen LogP contribution >= 0.6 is 15.9 Å². The molecule has 0 saturated carbocycles. The van der Waals surface area contributed by atoms with Gasteiger partial charge >= 0.3 is 0 Å². The van der Waals surface area contributed by atoms with Gasteiger partial charge in [-0.05, 0) is 40.0 Å². The highest BCUT2D eigenvalue weighted by atomic mass is 79.9. The van der Waals surface area contributed by atoms with Gasteiger partial charge in [0.15, 0.2) is 0 Å². The molecule has 0 bridgehead atoms. The molecule has 2 heteroatoms. The summed E-state index contributed by atoms with van der Waals surface area (Å²) >= 11 is 3.45. The Kier molecular flexibility index (Phi) is 3.60. The lowest BCUT2D eigenvalue weighted by Gasteiger charge is -2.04. The maximum atomic E-state index is 5.13.